The summed E-state index contributed by atoms with van der Waals surface area (Å²) in [6, 6.07) is 20.4. The van der Waals surface area contributed by atoms with Gasteiger partial charge in [0.05, 0.1) is 12.2 Å². The van der Waals surface area contributed by atoms with Crippen LogP contribution in [0.3, 0.4) is 0 Å². The van der Waals surface area contributed by atoms with E-state index >= 15 is 0 Å². The minimum Gasteiger partial charge on any atom is -0.454 e. The van der Waals surface area contributed by atoms with E-state index in [9.17, 15) is 0 Å². The van der Waals surface area contributed by atoms with Gasteiger partial charge in [0, 0.05) is 42.8 Å². The van der Waals surface area contributed by atoms with E-state index in [1.54, 1.807) is 6.20 Å². The number of nitrogens with one attached hydrogen (secondary N) is 1. The van der Waals surface area contributed by atoms with Crippen LogP contribution in [0.2, 0.25) is 0 Å². The van der Waals surface area contributed by atoms with Gasteiger partial charge >= 0.3 is 0 Å². The first-order chi connectivity index (χ1) is 14.8. The van der Waals surface area contributed by atoms with Crippen molar-refractivity contribution in [3.63, 3.8) is 0 Å². The maximum Gasteiger partial charge on any atom is 0.231 e. The number of pyridine rings is 1. The molecule has 6 heteroatoms. The van der Waals surface area contributed by atoms with Crippen LogP contribution in [-0.4, -0.2) is 21.6 Å². The number of hydrogen-bond donors (Lipinski definition) is 1. The zero-order valence-electron chi connectivity index (χ0n) is 16.5. The minimum atomic E-state index is 0.293. The number of aromatic nitrogens is 3. The summed E-state index contributed by atoms with van der Waals surface area (Å²) in [6.45, 7) is 2.46. The number of hydrogen-bond acceptors (Lipinski definition) is 5. The predicted molar refractivity (Wildman–Crippen MR) is 114 cm³/mol. The lowest BCUT2D eigenvalue weighted by atomic mass is 10.1. The Morgan fingerprint density at radius 2 is 1.80 bits per heavy atom. The van der Waals surface area contributed by atoms with E-state index in [-0.39, 0.29) is 0 Å². The molecule has 4 aromatic rings. The largest absolute Gasteiger partial charge is 0.454 e. The monoisotopic (exact) mass is 398 g/mol. The number of benzene rings is 2. The normalized spacial score (nSPS) is 12.3. The molecule has 0 saturated heterocycles. The second kappa shape index (κ2) is 8.39. The van der Waals surface area contributed by atoms with Crippen molar-refractivity contribution in [3.05, 3.63) is 95.9 Å². The molecule has 6 nitrogen and oxygen atoms in total. The first-order valence-corrected chi connectivity index (χ1v) is 9.95. The van der Waals surface area contributed by atoms with Crippen molar-refractivity contribution in [1.29, 1.82) is 0 Å². The number of ether oxygens (including phenoxy) is 2. The third-order valence-corrected chi connectivity index (χ3v) is 5.04. The highest BCUT2D eigenvalue weighted by Crippen LogP contribution is 2.32. The van der Waals surface area contributed by atoms with E-state index in [1.807, 2.05) is 41.2 Å². The predicted octanol–water partition coefficient (Wildman–Crippen LogP) is 4.01. The summed E-state index contributed by atoms with van der Waals surface area (Å²) in [5, 5.41) is 8.38. The summed E-state index contributed by atoms with van der Waals surface area (Å²) in [4.78, 5) is 4.26. The van der Waals surface area contributed by atoms with Crippen LogP contribution in [0.15, 0.2) is 79.3 Å². The highest BCUT2D eigenvalue weighted by atomic mass is 16.7. The first-order valence-electron chi connectivity index (χ1n) is 9.95. The maximum absolute atomic E-state index is 5.47. The molecule has 0 aliphatic carbocycles. The van der Waals surface area contributed by atoms with Gasteiger partial charge in [-0.3, -0.25) is 9.67 Å². The third kappa shape index (κ3) is 4.04. The van der Waals surface area contributed by atoms with Crippen LogP contribution < -0.4 is 14.8 Å². The number of nitrogens with zero attached hydrogens (tertiary/aromatic N) is 3. The molecule has 1 N–H and O–H groups in total. The molecular formula is C24H22N4O2. The molecule has 0 atom stereocenters. The van der Waals surface area contributed by atoms with Crippen LogP contribution in [0.1, 0.15) is 16.7 Å². The molecule has 3 heterocycles. The SMILES string of the molecule is c1ccc(Cn2cc(CNCc3ccc4c(c3)OCO4)c(-c3cccnc3)n2)cc1. The second-order valence-electron chi connectivity index (χ2n) is 7.22. The Labute approximate surface area is 175 Å². The van der Waals surface area contributed by atoms with E-state index in [0.717, 1.165) is 47.0 Å². The van der Waals surface area contributed by atoms with Crippen LogP contribution in [0.5, 0.6) is 11.5 Å². The van der Waals surface area contributed by atoms with Gasteiger partial charge in [-0.15, -0.1) is 0 Å². The average molecular weight is 398 g/mol. The first kappa shape index (κ1) is 18.4. The Morgan fingerprint density at radius 1 is 0.900 bits per heavy atom. The summed E-state index contributed by atoms with van der Waals surface area (Å²) in [5.74, 6) is 1.61. The smallest absolute Gasteiger partial charge is 0.231 e. The van der Waals surface area contributed by atoms with Crippen LogP contribution >= 0.6 is 0 Å². The molecule has 5 rings (SSSR count). The Morgan fingerprint density at radius 3 is 2.67 bits per heavy atom. The summed E-state index contributed by atoms with van der Waals surface area (Å²) >= 11 is 0. The Hall–Kier alpha value is -3.64. The summed E-state index contributed by atoms with van der Waals surface area (Å²) in [7, 11) is 0. The highest BCUT2D eigenvalue weighted by molar-refractivity contribution is 5.61. The Balaban J connectivity index is 1.33. The second-order valence-corrected chi connectivity index (χ2v) is 7.22. The van der Waals surface area contributed by atoms with Crippen molar-refractivity contribution in [3.8, 4) is 22.8 Å². The molecule has 150 valence electrons. The molecule has 2 aromatic carbocycles. The standard InChI is InChI=1S/C24H22N4O2/c1-2-5-18(6-3-1)15-28-16-21(24(27-28)20-7-4-10-25-13-20)14-26-12-19-8-9-22-23(11-19)30-17-29-22/h1-11,13,16,26H,12,14-15,17H2. The van der Waals surface area contributed by atoms with Crippen molar-refractivity contribution < 1.29 is 9.47 Å². The van der Waals surface area contributed by atoms with Crippen molar-refractivity contribution in [2.24, 2.45) is 0 Å². The fourth-order valence-corrected chi connectivity index (χ4v) is 3.58. The van der Waals surface area contributed by atoms with Crippen LogP contribution in [0.4, 0.5) is 0 Å². The zero-order chi connectivity index (χ0) is 20.2. The van der Waals surface area contributed by atoms with Crippen molar-refractivity contribution in [1.82, 2.24) is 20.1 Å². The zero-order valence-corrected chi connectivity index (χ0v) is 16.5. The van der Waals surface area contributed by atoms with E-state index in [0.29, 0.717) is 13.3 Å². The van der Waals surface area contributed by atoms with Crippen molar-refractivity contribution >= 4 is 0 Å². The molecule has 0 bridgehead atoms. The molecule has 0 saturated carbocycles. The van der Waals surface area contributed by atoms with E-state index in [2.05, 4.69) is 46.8 Å². The average Bonchev–Trinajstić information content (AvgIpc) is 3.42. The van der Waals surface area contributed by atoms with E-state index < -0.39 is 0 Å². The molecule has 0 amide bonds. The van der Waals surface area contributed by atoms with Gasteiger partial charge in [0.2, 0.25) is 6.79 Å². The lowest BCUT2D eigenvalue weighted by Crippen LogP contribution is -2.12. The summed E-state index contributed by atoms with van der Waals surface area (Å²) < 4.78 is 12.8. The fourth-order valence-electron chi connectivity index (χ4n) is 3.58. The van der Waals surface area contributed by atoms with Crippen molar-refractivity contribution in [2.45, 2.75) is 19.6 Å². The Bertz CT molecular complexity index is 1130. The van der Waals surface area contributed by atoms with Gasteiger partial charge in [-0.05, 0) is 35.4 Å². The highest BCUT2D eigenvalue weighted by Gasteiger charge is 2.14. The van der Waals surface area contributed by atoms with Gasteiger partial charge in [0.25, 0.3) is 0 Å². The van der Waals surface area contributed by atoms with Gasteiger partial charge in [-0.2, -0.15) is 5.10 Å². The number of fused-ring (bicyclic) bond motifs is 1. The topological polar surface area (TPSA) is 61.2 Å². The third-order valence-electron chi connectivity index (χ3n) is 5.04. The van der Waals surface area contributed by atoms with Gasteiger partial charge < -0.3 is 14.8 Å². The fraction of sp³-hybridized carbons (Fsp3) is 0.167. The molecular weight excluding hydrogens is 376 g/mol. The number of rotatable bonds is 7. The molecule has 0 fully saturated rings. The van der Waals surface area contributed by atoms with Gasteiger partial charge in [0.1, 0.15) is 0 Å². The van der Waals surface area contributed by atoms with Gasteiger partial charge in [-0.25, -0.2) is 0 Å². The quantitative estimate of drug-likeness (QED) is 0.510. The van der Waals surface area contributed by atoms with Crippen LogP contribution in [0, 0.1) is 0 Å². The van der Waals surface area contributed by atoms with Crippen LogP contribution in [0.25, 0.3) is 11.3 Å². The Kier molecular flexibility index (Phi) is 5.14. The summed E-state index contributed by atoms with van der Waals surface area (Å²) in [6.07, 6.45) is 5.75. The summed E-state index contributed by atoms with van der Waals surface area (Å²) in [5.41, 5.74) is 5.48. The molecule has 30 heavy (non-hydrogen) atoms. The maximum atomic E-state index is 5.47. The molecule has 0 radical (unpaired) electrons. The van der Waals surface area contributed by atoms with Crippen LogP contribution in [-0.2, 0) is 19.6 Å². The molecule has 0 unspecified atom stereocenters. The van der Waals surface area contributed by atoms with Gasteiger partial charge in [-0.1, -0.05) is 36.4 Å². The lowest BCUT2D eigenvalue weighted by molar-refractivity contribution is 0.174. The molecule has 1 aliphatic rings. The molecule has 1 aliphatic heterocycles. The van der Waals surface area contributed by atoms with E-state index in [4.69, 9.17) is 14.6 Å². The van der Waals surface area contributed by atoms with E-state index in [1.165, 1.54) is 5.56 Å². The minimum absolute atomic E-state index is 0.293. The van der Waals surface area contributed by atoms with Gasteiger partial charge in [0.15, 0.2) is 11.5 Å². The molecule has 0 spiro atoms. The lowest BCUT2D eigenvalue weighted by Gasteiger charge is -2.06. The molecule has 2 aromatic heterocycles. The van der Waals surface area contributed by atoms with Crippen molar-refractivity contribution in [2.75, 3.05) is 6.79 Å².